The minimum atomic E-state index is -0.202. The van der Waals surface area contributed by atoms with E-state index in [2.05, 4.69) is 16.9 Å². The SMILES string of the molecule is C=CCc1cc(/C=C2/SC(=Nc3ccc(C)cc3)NC2=O)cc(OCC)c1O. The van der Waals surface area contributed by atoms with E-state index in [1.807, 2.05) is 44.2 Å². The number of amidine groups is 1. The molecule has 144 valence electrons. The van der Waals surface area contributed by atoms with Gasteiger partial charge < -0.3 is 15.2 Å². The molecule has 2 aromatic rings. The molecule has 3 rings (SSSR count). The van der Waals surface area contributed by atoms with E-state index in [1.54, 1.807) is 18.2 Å². The van der Waals surface area contributed by atoms with Crippen LogP contribution in [0.25, 0.3) is 6.08 Å². The lowest BCUT2D eigenvalue weighted by Gasteiger charge is -2.11. The number of amides is 1. The highest BCUT2D eigenvalue weighted by Crippen LogP contribution is 2.35. The van der Waals surface area contributed by atoms with Crippen LogP contribution in [-0.4, -0.2) is 22.8 Å². The Labute approximate surface area is 168 Å². The van der Waals surface area contributed by atoms with E-state index < -0.39 is 0 Å². The van der Waals surface area contributed by atoms with Gasteiger partial charge in [0.25, 0.3) is 5.91 Å². The molecule has 1 amide bonds. The summed E-state index contributed by atoms with van der Waals surface area (Å²) in [6.07, 6.45) is 3.99. The Morgan fingerprint density at radius 2 is 2.04 bits per heavy atom. The van der Waals surface area contributed by atoms with E-state index in [4.69, 9.17) is 4.74 Å². The fourth-order valence-corrected chi connectivity index (χ4v) is 3.56. The summed E-state index contributed by atoms with van der Waals surface area (Å²) in [5.74, 6) is 0.298. The number of rotatable bonds is 6. The summed E-state index contributed by atoms with van der Waals surface area (Å²) in [7, 11) is 0. The normalized spacial score (nSPS) is 16.4. The first-order valence-electron chi connectivity index (χ1n) is 8.96. The lowest BCUT2D eigenvalue weighted by Crippen LogP contribution is -2.19. The summed E-state index contributed by atoms with van der Waals surface area (Å²) < 4.78 is 5.52. The number of phenolic OH excluding ortho intramolecular Hbond substituents is 1. The number of aromatic hydroxyl groups is 1. The van der Waals surface area contributed by atoms with Gasteiger partial charge in [-0.2, -0.15) is 0 Å². The lowest BCUT2D eigenvalue weighted by molar-refractivity contribution is -0.115. The molecule has 5 nitrogen and oxygen atoms in total. The highest BCUT2D eigenvalue weighted by Gasteiger charge is 2.24. The Kier molecular flexibility index (Phi) is 6.21. The predicted octanol–water partition coefficient (Wildman–Crippen LogP) is 4.72. The van der Waals surface area contributed by atoms with E-state index in [-0.39, 0.29) is 11.7 Å². The van der Waals surface area contributed by atoms with Gasteiger partial charge in [-0.25, -0.2) is 4.99 Å². The molecule has 0 aliphatic carbocycles. The number of hydrogen-bond donors (Lipinski definition) is 2. The minimum Gasteiger partial charge on any atom is -0.504 e. The molecule has 1 aliphatic heterocycles. The van der Waals surface area contributed by atoms with Crippen molar-refractivity contribution < 1.29 is 14.6 Å². The Hall–Kier alpha value is -2.99. The van der Waals surface area contributed by atoms with Gasteiger partial charge in [-0.15, -0.1) is 6.58 Å². The van der Waals surface area contributed by atoms with Crippen molar-refractivity contribution in [3.63, 3.8) is 0 Å². The largest absolute Gasteiger partial charge is 0.504 e. The number of nitrogens with zero attached hydrogens (tertiary/aromatic N) is 1. The third-order valence-corrected chi connectivity index (χ3v) is 4.96. The van der Waals surface area contributed by atoms with Crippen molar-refractivity contribution in [3.05, 3.63) is 70.6 Å². The number of phenols is 1. The Morgan fingerprint density at radius 3 is 2.71 bits per heavy atom. The van der Waals surface area contributed by atoms with Crippen LogP contribution in [0, 0.1) is 6.92 Å². The van der Waals surface area contributed by atoms with E-state index in [1.165, 1.54) is 11.8 Å². The molecule has 0 unspecified atom stereocenters. The molecule has 0 atom stereocenters. The smallest absolute Gasteiger partial charge is 0.264 e. The maximum atomic E-state index is 12.3. The van der Waals surface area contributed by atoms with Crippen LogP contribution in [0.2, 0.25) is 0 Å². The van der Waals surface area contributed by atoms with Gasteiger partial charge in [-0.05, 0) is 67.9 Å². The monoisotopic (exact) mass is 394 g/mol. The molecule has 2 N–H and O–H groups in total. The molecule has 1 fully saturated rings. The molecule has 0 spiro atoms. The van der Waals surface area contributed by atoms with Crippen molar-refractivity contribution >= 4 is 34.6 Å². The summed E-state index contributed by atoms with van der Waals surface area (Å²) in [5, 5.41) is 13.6. The number of nitrogens with one attached hydrogen (secondary N) is 1. The van der Waals surface area contributed by atoms with E-state index >= 15 is 0 Å². The molecule has 0 aromatic heterocycles. The third-order valence-electron chi connectivity index (χ3n) is 4.05. The van der Waals surface area contributed by atoms with Crippen LogP contribution in [0.4, 0.5) is 5.69 Å². The Bertz CT molecular complexity index is 962. The number of allylic oxidation sites excluding steroid dienone is 1. The summed E-state index contributed by atoms with van der Waals surface area (Å²) in [6.45, 7) is 8.02. The van der Waals surface area contributed by atoms with Crippen molar-refractivity contribution in [2.75, 3.05) is 6.61 Å². The van der Waals surface area contributed by atoms with Crippen LogP contribution in [0.1, 0.15) is 23.6 Å². The third kappa shape index (κ3) is 4.64. The second-order valence-electron chi connectivity index (χ2n) is 6.27. The molecule has 28 heavy (non-hydrogen) atoms. The molecule has 2 aromatic carbocycles. The fourth-order valence-electron chi connectivity index (χ4n) is 2.72. The summed E-state index contributed by atoms with van der Waals surface area (Å²) >= 11 is 1.28. The van der Waals surface area contributed by atoms with Crippen molar-refractivity contribution in [1.29, 1.82) is 0 Å². The number of thioether (sulfide) groups is 1. The van der Waals surface area contributed by atoms with Crippen LogP contribution < -0.4 is 10.1 Å². The quantitative estimate of drug-likeness (QED) is 0.549. The van der Waals surface area contributed by atoms with Gasteiger partial charge in [-0.1, -0.05) is 23.8 Å². The topological polar surface area (TPSA) is 70.9 Å². The van der Waals surface area contributed by atoms with E-state index in [9.17, 15) is 9.90 Å². The van der Waals surface area contributed by atoms with Gasteiger partial charge in [0.1, 0.15) is 0 Å². The molecule has 1 aliphatic rings. The van der Waals surface area contributed by atoms with Crippen LogP contribution in [-0.2, 0) is 11.2 Å². The second kappa shape index (κ2) is 8.80. The maximum Gasteiger partial charge on any atom is 0.264 e. The fraction of sp³-hybridized carbons (Fsp3) is 0.182. The number of ether oxygens (including phenoxy) is 1. The maximum absolute atomic E-state index is 12.3. The van der Waals surface area contributed by atoms with Gasteiger partial charge in [-0.3, -0.25) is 4.79 Å². The van der Waals surface area contributed by atoms with Crippen LogP contribution in [0.15, 0.2) is 59.0 Å². The number of carbonyl (C=O) groups is 1. The number of hydrogen-bond acceptors (Lipinski definition) is 5. The molecule has 0 radical (unpaired) electrons. The molecule has 1 heterocycles. The first kappa shape index (κ1) is 19.8. The molecule has 0 saturated carbocycles. The zero-order valence-corrected chi connectivity index (χ0v) is 16.7. The highest BCUT2D eigenvalue weighted by molar-refractivity contribution is 8.18. The number of benzene rings is 2. The first-order chi connectivity index (χ1) is 13.5. The molecule has 1 saturated heterocycles. The van der Waals surface area contributed by atoms with Crippen LogP contribution in [0.5, 0.6) is 11.5 Å². The predicted molar refractivity (Wildman–Crippen MR) is 115 cm³/mol. The van der Waals surface area contributed by atoms with Crippen molar-refractivity contribution in [2.45, 2.75) is 20.3 Å². The lowest BCUT2D eigenvalue weighted by atomic mass is 10.1. The highest BCUT2D eigenvalue weighted by atomic mass is 32.2. The zero-order chi connectivity index (χ0) is 20.1. The van der Waals surface area contributed by atoms with E-state index in [0.29, 0.717) is 34.4 Å². The number of aliphatic imine (C=N–C) groups is 1. The van der Waals surface area contributed by atoms with Crippen molar-refractivity contribution in [2.24, 2.45) is 4.99 Å². The standard InChI is InChI=1S/C22H22N2O3S/c1-4-6-16-11-15(12-18(20(16)25)27-5-2)13-19-21(26)24-22(28-19)23-17-9-7-14(3)8-10-17/h4,7-13,25H,1,5-6H2,2-3H3,(H,23,24,26)/b19-13+. The average molecular weight is 394 g/mol. The van der Waals surface area contributed by atoms with Gasteiger partial charge >= 0.3 is 0 Å². The first-order valence-corrected chi connectivity index (χ1v) is 9.77. The number of carbonyl (C=O) groups excluding carboxylic acids is 1. The Balaban J connectivity index is 1.89. The van der Waals surface area contributed by atoms with E-state index in [0.717, 1.165) is 16.8 Å². The summed E-state index contributed by atoms with van der Waals surface area (Å²) in [6, 6.07) is 11.3. The van der Waals surface area contributed by atoms with Gasteiger partial charge in [0.15, 0.2) is 16.7 Å². The average Bonchev–Trinajstić information content (AvgIpc) is 3.00. The number of aryl methyl sites for hydroxylation is 1. The second-order valence-corrected chi connectivity index (χ2v) is 7.30. The van der Waals surface area contributed by atoms with Gasteiger partial charge in [0.05, 0.1) is 17.2 Å². The van der Waals surface area contributed by atoms with Crippen LogP contribution in [0.3, 0.4) is 0 Å². The molecule has 6 heteroatoms. The minimum absolute atomic E-state index is 0.106. The van der Waals surface area contributed by atoms with Gasteiger partial charge in [0.2, 0.25) is 0 Å². The van der Waals surface area contributed by atoms with Crippen LogP contribution >= 0.6 is 11.8 Å². The molecule has 0 bridgehead atoms. The Morgan fingerprint density at radius 1 is 1.29 bits per heavy atom. The molecular weight excluding hydrogens is 372 g/mol. The van der Waals surface area contributed by atoms with Crippen molar-refractivity contribution in [1.82, 2.24) is 5.32 Å². The molecular formula is C22H22N2O3S. The summed E-state index contributed by atoms with van der Waals surface area (Å²) in [4.78, 5) is 17.4. The van der Waals surface area contributed by atoms with Crippen molar-refractivity contribution in [3.8, 4) is 11.5 Å². The summed E-state index contributed by atoms with van der Waals surface area (Å²) in [5.41, 5.74) is 3.41. The zero-order valence-electron chi connectivity index (χ0n) is 15.9. The van der Waals surface area contributed by atoms with Gasteiger partial charge in [0, 0.05) is 5.56 Å².